The molecule has 14 heteroatoms. The lowest BCUT2D eigenvalue weighted by Gasteiger charge is -2.24. The lowest BCUT2D eigenvalue weighted by Crippen LogP contribution is -2.36. The van der Waals surface area contributed by atoms with Gasteiger partial charge in [0.2, 0.25) is 6.23 Å². The molecule has 1 aromatic heterocycles. The Balaban J connectivity index is 1.74. The van der Waals surface area contributed by atoms with Gasteiger partial charge < -0.3 is 19.7 Å². The summed E-state index contributed by atoms with van der Waals surface area (Å²) in [5.74, 6) is -4.13. The molecule has 1 saturated heterocycles. The Morgan fingerprint density at radius 1 is 1.31 bits per heavy atom. The Morgan fingerprint density at radius 3 is 2.63 bits per heavy atom. The number of nitrogens with zero attached hydrogens (tertiary/aromatic N) is 2. The van der Waals surface area contributed by atoms with Crippen molar-refractivity contribution in [2.24, 2.45) is 0 Å². The average Bonchev–Trinajstić information content (AvgIpc) is 3.06. The fourth-order valence-corrected chi connectivity index (χ4v) is 4.74. The minimum absolute atomic E-state index is 0.123. The summed E-state index contributed by atoms with van der Waals surface area (Å²) in [5, 5.41) is 2.46. The van der Waals surface area contributed by atoms with E-state index in [1.54, 1.807) is 32.0 Å². The van der Waals surface area contributed by atoms with Gasteiger partial charge in [-0.25, -0.2) is 18.1 Å². The first-order valence-corrected chi connectivity index (χ1v) is 12.3. The number of carbonyl (C=O) groups excluding carboxylic acids is 1. The molecular formula is C21H27F2N4O7P. The maximum atomic E-state index is 14.7. The van der Waals surface area contributed by atoms with Gasteiger partial charge in [0.05, 0.1) is 18.8 Å². The van der Waals surface area contributed by atoms with Gasteiger partial charge in [-0.05, 0) is 39.0 Å². The van der Waals surface area contributed by atoms with E-state index in [9.17, 15) is 22.9 Å². The molecule has 0 amide bonds. The second-order valence-corrected chi connectivity index (χ2v) is 9.85. The van der Waals surface area contributed by atoms with Crippen LogP contribution in [-0.2, 0) is 23.4 Å². The fourth-order valence-electron chi connectivity index (χ4n) is 3.22. The number of rotatable bonds is 10. The van der Waals surface area contributed by atoms with Gasteiger partial charge in [-0.2, -0.15) is 10.1 Å². The van der Waals surface area contributed by atoms with E-state index in [-0.39, 0.29) is 11.6 Å². The normalized spacial score (nSPS) is 21.9. The van der Waals surface area contributed by atoms with E-state index in [1.807, 2.05) is 0 Å². The molecule has 0 aliphatic carbocycles. The third-order valence-corrected chi connectivity index (χ3v) is 6.39. The van der Waals surface area contributed by atoms with Crippen molar-refractivity contribution in [3.63, 3.8) is 0 Å². The molecule has 1 aromatic carbocycles. The van der Waals surface area contributed by atoms with Crippen molar-refractivity contribution in [1.82, 2.24) is 14.6 Å². The number of benzene rings is 1. The standard InChI is InChI=1S/C21H27F2N4O7P/c1-13(2)32-18(28)14(3)26-35(30,34-15-7-5-4-6-8-15)31-12-16-11-21(22,23)19(33-16)27-10-9-17(24)25-20(27)29/h4-10,13-14,16,19H,11-12H2,1-3H3,(H,26,30)(H2,24,25,29)/t14-,16-,19+,35?/m0/s1. The van der Waals surface area contributed by atoms with Crippen LogP contribution in [0.2, 0.25) is 0 Å². The van der Waals surface area contributed by atoms with Crippen LogP contribution in [0.5, 0.6) is 5.75 Å². The topological polar surface area (TPSA) is 144 Å². The monoisotopic (exact) mass is 516 g/mol. The fraction of sp³-hybridized carbons (Fsp3) is 0.476. The molecule has 2 aromatic rings. The van der Waals surface area contributed by atoms with Crippen LogP contribution in [-0.4, -0.2) is 46.3 Å². The number of alkyl halides is 2. The molecule has 1 aliphatic heterocycles. The highest BCUT2D eigenvalue weighted by Crippen LogP contribution is 2.47. The molecule has 4 atom stereocenters. The van der Waals surface area contributed by atoms with E-state index in [2.05, 4.69) is 10.1 Å². The second-order valence-electron chi connectivity index (χ2n) is 8.15. The summed E-state index contributed by atoms with van der Waals surface area (Å²) >= 11 is 0. The number of anilines is 1. The van der Waals surface area contributed by atoms with Crippen LogP contribution >= 0.6 is 7.75 Å². The number of nitrogens with one attached hydrogen (secondary N) is 1. The highest BCUT2D eigenvalue weighted by atomic mass is 31.2. The Bertz CT molecular complexity index is 1130. The first-order valence-electron chi connectivity index (χ1n) is 10.7. The zero-order valence-electron chi connectivity index (χ0n) is 19.3. The molecule has 1 aliphatic rings. The first kappa shape index (κ1) is 26.7. The SMILES string of the molecule is CC(C)OC(=O)[C@H](C)NP(=O)(OC[C@@H]1CC(F)(F)[C@H](n2ccc(N)nc2=O)O1)Oc1ccccc1. The van der Waals surface area contributed by atoms with Crippen LogP contribution in [0.15, 0.2) is 47.4 Å². The van der Waals surface area contributed by atoms with Crippen molar-refractivity contribution < 1.29 is 36.7 Å². The van der Waals surface area contributed by atoms with Crippen LogP contribution in [0.25, 0.3) is 0 Å². The van der Waals surface area contributed by atoms with Crippen molar-refractivity contribution >= 4 is 19.5 Å². The first-order chi connectivity index (χ1) is 16.4. The predicted octanol–water partition coefficient (Wildman–Crippen LogP) is 2.88. The van der Waals surface area contributed by atoms with Crippen molar-refractivity contribution in [1.29, 1.82) is 0 Å². The molecule has 1 fully saturated rings. The Labute approximate surface area is 200 Å². The molecule has 2 heterocycles. The Hall–Kier alpha value is -2.86. The number of para-hydroxylation sites is 1. The maximum absolute atomic E-state index is 14.7. The van der Waals surface area contributed by atoms with Gasteiger partial charge in [0.25, 0.3) is 5.92 Å². The Kier molecular flexibility index (Phi) is 8.26. The number of hydrogen-bond donors (Lipinski definition) is 2. The highest BCUT2D eigenvalue weighted by Gasteiger charge is 2.52. The summed E-state index contributed by atoms with van der Waals surface area (Å²) < 4.78 is 64.7. The summed E-state index contributed by atoms with van der Waals surface area (Å²) in [6.45, 7) is 4.10. The molecular weight excluding hydrogens is 489 g/mol. The average molecular weight is 516 g/mol. The molecule has 192 valence electrons. The number of aromatic nitrogens is 2. The zero-order chi connectivity index (χ0) is 25.8. The van der Waals surface area contributed by atoms with Crippen LogP contribution in [0.1, 0.15) is 33.4 Å². The second kappa shape index (κ2) is 10.8. The van der Waals surface area contributed by atoms with E-state index >= 15 is 0 Å². The quantitative estimate of drug-likeness (QED) is 0.357. The molecule has 1 unspecified atom stereocenters. The van der Waals surface area contributed by atoms with E-state index < -0.39 is 62.8 Å². The van der Waals surface area contributed by atoms with Crippen molar-refractivity contribution in [2.75, 3.05) is 12.3 Å². The van der Waals surface area contributed by atoms with Crippen LogP contribution in [0.4, 0.5) is 14.6 Å². The molecule has 0 radical (unpaired) electrons. The molecule has 0 spiro atoms. The van der Waals surface area contributed by atoms with Gasteiger partial charge in [-0.3, -0.25) is 13.9 Å². The third-order valence-electron chi connectivity index (χ3n) is 4.74. The Morgan fingerprint density at radius 2 is 2.00 bits per heavy atom. The van der Waals surface area contributed by atoms with Gasteiger partial charge in [0.15, 0.2) is 0 Å². The highest BCUT2D eigenvalue weighted by molar-refractivity contribution is 7.52. The largest absolute Gasteiger partial charge is 0.462 e. The van der Waals surface area contributed by atoms with Gasteiger partial charge in [-0.1, -0.05) is 18.2 Å². The third kappa shape index (κ3) is 7.07. The summed E-state index contributed by atoms with van der Waals surface area (Å²) in [7, 11) is -4.27. The minimum Gasteiger partial charge on any atom is -0.462 e. The van der Waals surface area contributed by atoms with Crippen LogP contribution < -0.4 is 21.0 Å². The van der Waals surface area contributed by atoms with E-state index in [4.69, 9.17) is 24.3 Å². The summed E-state index contributed by atoms with van der Waals surface area (Å²) in [4.78, 5) is 27.6. The van der Waals surface area contributed by atoms with Crippen molar-refractivity contribution in [3.8, 4) is 5.75 Å². The number of ether oxygens (including phenoxy) is 2. The number of hydrogen-bond acceptors (Lipinski definition) is 9. The number of carbonyl (C=O) groups is 1. The number of esters is 1. The summed E-state index contributed by atoms with van der Waals surface area (Å²) in [6.07, 6.45) is -3.41. The lowest BCUT2D eigenvalue weighted by atomic mass is 10.2. The molecule has 35 heavy (non-hydrogen) atoms. The minimum atomic E-state index is -4.27. The number of nitrogens with two attached hydrogens (primary N) is 1. The molecule has 0 bridgehead atoms. The smallest absolute Gasteiger partial charge is 0.459 e. The molecule has 11 nitrogen and oxygen atoms in total. The molecule has 0 saturated carbocycles. The van der Waals surface area contributed by atoms with Crippen LogP contribution in [0, 0.1) is 0 Å². The number of halogens is 2. The van der Waals surface area contributed by atoms with E-state index in [0.29, 0.717) is 4.57 Å². The van der Waals surface area contributed by atoms with Gasteiger partial charge in [0, 0.05) is 12.6 Å². The maximum Gasteiger partial charge on any atom is 0.459 e. The van der Waals surface area contributed by atoms with Gasteiger partial charge in [-0.15, -0.1) is 0 Å². The summed E-state index contributed by atoms with van der Waals surface area (Å²) in [6, 6.07) is 8.05. The molecule has 3 rings (SSSR count). The molecule has 3 N–H and O–H groups in total. The lowest BCUT2D eigenvalue weighted by molar-refractivity contribution is -0.149. The van der Waals surface area contributed by atoms with E-state index in [1.165, 1.54) is 25.1 Å². The van der Waals surface area contributed by atoms with Crippen LogP contribution in [0.3, 0.4) is 0 Å². The van der Waals surface area contributed by atoms with Crippen molar-refractivity contribution in [2.45, 2.75) is 57.6 Å². The van der Waals surface area contributed by atoms with E-state index in [0.717, 1.165) is 6.20 Å². The van der Waals surface area contributed by atoms with Gasteiger partial charge in [0.1, 0.15) is 17.6 Å². The predicted molar refractivity (Wildman–Crippen MR) is 121 cm³/mol. The van der Waals surface area contributed by atoms with Gasteiger partial charge >= 0.3 is 19.4 Å². The van der Waals surface area contributed by atoms with Crippen molar-refractivity contribution in [3.05, 3.63) is 53.1 Å². The number of nitrogen functional groups attached to an aromatic ring is 1. The summed E-state index contributed by atoms with van der Waals surface area (Å²) in [5.41, 5.74) is 4.40. The zero-order valence-corrected chi connectivity index (χ0v) is 20.2.